The minimum atomic E-state index is -0.533. The molecule has 0 radical (unpaired) electrons. The normalized spacial score (nSPS) is 24.9. The molecule has 0 spiro atoms. The van der Waals surface area contributed by atoms with Crippen LogP contribution < -0.4 is 11.1 Å². The van der Waals surface area contributed by atoms with E-state index in [9.17, 15) is 5.11 Å². The molecule has 0 aromatic carbocycles. The van der Waals surface area contributed by atoms with Crippen LogP contribution >= 0.6 is 0 Å². The molecule has 0 amide bonds. The molecule has 0 aromatic rings. The van der Waals surface area contributed by atoms with Crippen LogP contribution in [0.15, 0.2) is 0 Å². The molecule has 2 unspecified atom stereocenters. The van der Waals surface area contributed by atoms with Crippen molar-refractivity contribution in [2.75, 3.05) is 19.6 Å². The third-order valence-electron chi connectivity index (χ3n) is 3.54. The molecular weight excluding hydrogens is 164 g/mol. The maximum atomic E-state index is 10.5. The molecule has 1 saturated heterocycles. The Balaban J connectivity index is 2.64. The van der Waals surface area contributed by atoms with Crippen LogP contribution in [-0.4, -0.2) is 30.3 Å². The lowest BCUT2D eigenvalue weighted by Crippen LogP contribution is -2.59. The van der Waals surface area contributed by atoms with Gasteiger partial charge in [-0.05, 0) is 25.3 Å². The molecule has 1 aliphatic rings. The Morgan fingerprint density at radius 1 is 1.54 bits per heavy atom. The second-order valence-electron chi connectivity index (χ2n) is 4.04. The summed E-state index contributed by atoms with van der Waals surface area (Å²) < 4.78 is 0. The first-order chi connectivity index (χ1) is 6.19. The van der Waals surface area contributed by atoms with Crippen molar-refractivity contribution < 1.29 is 5.11 Å². The Morgan fingerprint density at radius 2 is 2.15 bits per heavy atom. The van der Waals surface area contributed by atoms with Gasteiger partial charge in [-0.2, -0.15) is 0 Å². The minimum Gasteiger partial charge on any atom is -0.389 e. The second-order valence-corrected chi connectivity index (χ2v) is 4.04. The quantitative estimate of drug-likeness (QED) is 0.580. The van der Waals surface area contributed by atoms with Crippen molar-refractivity contribution in [1.29, 1.82) is 0 Å². The van der Waals surface area contributed by atoms with Gasteiger partial charge in [-0.25, -0.2) is 0 Å². The van der Waals surface area contributed by atoms with Gasteiger partial charge in [0.25, 0.3) is 0 Å². The first-order valence-corrected chi connectivity index (χ1v) is 5.32. The summed E-state index contributed by atoms with van der Waals surface area (Å²) in [5.41, 5.74) is 5.15. The standard InChI is InChI=1S/C10H22N2O/c1-3-8(5-11)10(13,4-2)9-6-12-7-9/h8-9,12-13H,3-7,11H2,1-2H3. The molecule has 3 heteroatoms. The first-order valence-electron chi connectivity index (χ1n) is 5.32. The van der Waals surface area contributed by atoms with Crippen molar-refractivity contribution >= 4 is 0 Å². The molecule has 0 aliphatic carbocycles. The summed E-state index contributed by atoms with van der Waals surface area (Å²) in [5.74, 6) is 0.663. The fraction of sp³-hybridized carbons (Fsp3) is 1.00. The molecular formula is C10H22N2O. The number of nitrogens with two attached hydrogens (primary N) is 1. The Morgan fingerprint density at radius 3 is 2.38 bits per heavy atom. The van der Waals surface area contributed by atoms with Gasteiger partial charge in [-0.15, -0.1) is 0 Å². The van der Waals surface area contributed by atoms with Crippen molar-refractivity contribution in [3.8, 4) is 0 Å². The van der Waals surface area contributed by atoms with E-state index in [1.54, 1.807) is 0 Å². The van der Waals surface area contributed by atoms with Crippen LogP contribution in [0.5, 0.6) is 0 Å². The third-order valence-corrected chi connectivity index (χ3v) is 3.54. The number of aliphatic hydroxyl groups is 1. The molecule has 0 saturated carbocycles. The summed E-state index contributed by atoms with van der Waals surface area (Å²) in [4.78, 5) is 0. The van der Waals surface area contributed by atoms with E-state index in [1.165, 1.54) is 0 Å². The number of nitrogens with one attached hydrogen (secondary N) is 1. The summed E-state index contributed by atoms with van der Waals surface area (Å²) in [6, 6.07) is 0. The third kappa shape index (κ3) is 1.87. The fourth-order valence-electron chi connectivity index (χ4n) is 2.28. The summed E-state index contributed by atoms with van der Waals surface area (Å²) in [6.45, 7) is 6.64. The van der Waals surface area contributed by atoms with Gasteiger partial charge in [0.1, 0.15) is 0 Å². The molecule has 0 bridgehead atoms. The zero-order chi connectivity index (χ0) is 9.90. The maximum absolute atomic E-state index is 10.5. The zero-order valence-corrected chi connectivity index (χ0v) is 8.71. The van der Waals surface area contributed by atoms with Crippen molar-refractivity contribution in [2.45, 2.75) is 32.3 Å². The molecule has 0 aromatic heterocycles. The lowest BCUT2D eigenvalue weighted by molar-refractivity contribution is -0.0875. The Hall–Kier alpha value is -0.120. The van der Waals surface area contributed by atoms with E-state index in [1.807, 2.05) is 0 Å². The highest BCUT2D eigenvalue weighted by Gasteiger charge is 2.43. The molecule has 78 valence electrons. The van der Waals surface area contributed by atoms with Crippen LogP contribution in [0.4, 0.5) is 0 Å². The van der Waals surface area contributed by atoms with Gasteiger partial charge in [0.15, 0.2) is 0 Å². The Labute approximate surface area is 80.7 Å². The molecule has 13 heavy (non-hydrogen) atoms. The lowest BCUT2D eigenvalue weighted by Gasteiger charge is -2.46. The van der Waals surface area contributed by atoms with Crippen molar-refractivity contribution in [3.05, 3.63) is 0 Å². The molecule has 4 N–H and O–H groups in total. The smallest absolute Gasteiger partial charge is 0.0737 e. The monoisotopic (exact) mass is 186 g/mol. The minimum absolute atomic E-state index is 0.254. The van der Waals surface area contributed by atoms with Gasteiger partial charge < -0.3 is 16.2 Å². The molecule has 1 heterocycles. The van der Waals surface area contributed by atoms with Crippen LogP contribution in [-0.2, 0) is 0 Å². The van der Waals surface area contributed by atoms with Crippen molar-refractivity contribution in [3.63, 3.8) is 0 Å². The molecule has 1 aliphatic heterocycles. The first kappa shape index (κ1) is 11.0. The summed E-state index contributed by atoms with van der Waals surface area (Å²) in [5, 5.41) is 13.7. The predicted molar refractivity (Wildman–Crippen MR) is 54.4 cm³/mol. The number of rotatable bonds is 5. The Kier molecular flexibility index (Phi) is 3.71. The Bertz CT molecular complexity index is 155. The average Bonchev–Trinajstić information content (AvgIpc) is 2.03. The van der Waals surface area contributed by atoms with Gasteiger partial charge in [-0.1, -0.05) is 13.8 Å². The van der Waals surface area contributed by atoms with E-state index in [0.29, 0.717) is 12.5 Å². The molecule has 1 rings (SSSR count). The SMILES string of the molecule is CCC(CN)C(O)(CC)C1CNC1. The van der Waals surface area contributed by atoms with E-state index < -0.39 is 5.60 Å². The second kappa shape index (κ2) is 4.40. The van der Waals surface area contributed by atoms with E-state index in [-0.39, 0.29) is 5.92 Å². The van der Waals surface area contributed by atoms with E-state index in [2.05, 4.69) is 19.2 Å². The van der Waals surface area contributed by atoms with Crippen LogP contribution in [0.3, 0.4) is 0 Å². The maximum Gasteiger partial charge on any atom is 0.0737 e. The van der Waals surface area contributed by atoms with Crippen LogP contribution in [0.2, 0.25) is 0 Å². The van der Waals surface area contributed by atoms with Crippen molar-refractivity contribution in [1.82, 2.24) is 5.32 Å². The fourth-order valence-corrected chi connectivity index (χ4v) is 2.28. The van der Waals surface area contributed by atoms with E-state index in [0.717, 1.165) is 25.9 Å². The van der Waals surface area contributed by atoms with Gasteiger partial charge in [-0.3, -0.25) is 0 Å². The predicted octanol–water partition coefficient (Wildman–Crippen LogP) is 0.332. The van der Waals surface area contributed by atoms with Gasteiger partial charge in [0, 0.05) is 19.0 Å². The highest BCUT2D eigenvalue weighted by Crippen LogP contribution is 2.33. The topological polar surface area (TPSA) is 58.3 Å². The van der Waals surface area contributed by atoms with Crippen LogP contribution in [0, 0.1) is 11.8 Å². The summed E-state index contributed by atoms with van der Waals surface area (Å²) >= 11 is 0. The van der Waals surface area contributed by atoms with Crippen LogP contribution in [0.25, 0.3) is 0 Å². The van der Waals surface area contributed by atoms with Gasteiger partial charge in [0.05, 0.1) is 5.60 Å². The highest BCUT2D eigenvalue weighted by atomic mass is 16.3. The van der Waals surface area contributed by atoms with Crippen LogP contribution in [0.1, 0.15) is 26.7 Å². The number of hydrogen-bond acceptors (Lipinski definition) is 3. The van der Waals surface area contributed by atoms with E-state index in [4.69, 9.17) is 5.73 Å². The van der Waals surface area contributed by atoms with E-state index >= 15 is 0 Å². The lowest BCUT2D eigenvalue weighted by atomic mass is 9.71. The zero-order valence-electron chi connectivity index (χ0n) is 8.71. The molecule has 3 nitrogen and oxygen atoms in total. The average molecular weight is 186 g/mol. The molecule has 1 fully saturated rings. The summed E-state index contributed by atoms with van der Waals surface area (Å²) in [7, 11) is 0. The largest absolute Gasteiger partial charge is 0.389 e. The summed E-state index contributed by atoms with van der Waals surface area (Å²) in [6.07, 6.45) is 1.78. The highest BCUT2D eigenvalue weighted by molar-refractivity contribution is 4.97. The van der Waals surface area contributed by atoms with Gasteiger partial charge in [0.2, 0.25) is 0 Å². The molecule has 2 atom stereocenters. The van der Waals surface area contributed by atoms with Gasteiger partial charge >= 0.3 is 0 Å². The number of hydrogen-bond donors (Lipinski definition) is 3. The van der Waals surface area contributed by atoms with Crippen molar-refractivity contribution in [2.24, 2.45) is 17.6 Å².